The van der Waals surface area contributed by atoms with Crippen molar-refractivity contribution in [1.29, 1.82) is 5.26 Å². The van der Waals surface area contributed by atoms with Crippen LogP contribution in [0.2, 0.25) is 0 Å². The number of hydrogen-bond acceptors (Lipinski definition) is 5. The van der Waals surface area contributed by atoms with Gasteiger partial charge in [-0.2, -0.15) is 5.26 Å². The Labute approximate surface area is 196 Å². The van der Waals surface area contributed by atoms with E-state index in [-0.39, 0.29) is 29.3 Å². The highest BCUT2D eigenvalue weighted by Crippen LogP contribution is 2.38. The number of carbonyl (C=O) groups is 2. The minimum atomic E-state index is -0.976. The summed E-state index contributed by atoms with van der Waals surface area (Å²) in [6.45, 7) is 4.12. The van der Waals surface area contributed by atoms with Crippen LogP contribution in [-0.2, 0) is 4.79 Å². The molecule has 2 aromatic carbocycles. The molecule has 0 aliphatic carbocycles. The van der Waals surface area contributed by atoms with E-state index in [1.54, 1.807) is 13.1 Å². The fraction of sp³-hybridized carbons (Fsp3) is 0.280. The summed E-state index contributed by atoms with van der Waals surface area (Å²) in [6, 6.07) is 8.27. The summed E-state index contributed by atoms with van der Waals surface area (Å²) in [7, 11) is 1.54. The lowest BCUT2D eigenvalue weighted by atomic mass is 9.78. The van der Waals surface area contributed by atoms with Crippen molar-refractivity contribution in [2.24, 2.45) is 16.6 Å². The highest BCUT2D eigenvalue weighted by molar-refractivity contribution is 6.06. The summed E-state index contributed by atoms with van der Waals surface area (Å²) in [5.74, 6) is -3.20. The molecule has 0 bridgehead atoms. The average molecular weight is 466 g/mol. The van der Waals surface area contributed by atoms with Crippen LogP contribution in [0.5, 0.6) is 0 Å². The smallest absolute Gasteiger partial charge is 0.254 e. The highest BCUT2D eigenvalue weighted by Gasteiger charge is 2.45. The number of fused-ring (bicyclic) bond motifs is 1. The van der Waals surface area contributed by atoms with Crippen LogP contribution in [0.15, 0.2) is 53.2 Å². The van der Waals surface area contributed by atoms with Crippen LogP contribution in [0.4, 0.5) is 14.5 Å². The largest absolute Gasteiger partial charge is 0.404 e. The first-order chi connectivity index (χ1) is 16.2. The van der Waals surface area contributed by atoms with Gasteiger partial charge in [-0.15, -0.1) is 0 Å². The van der Waals surface area contributed by atoms with Crippen LogP contribution in [0.3, 0.4) is 0 Å². The maximum Gasteiger partial charge on any atom is 0.254 e. The van der Waals surface area contributed by atoms with Gasteiger partial charge in [0.2, 0.25) is 5.91 Å². The fourth-order valence-corrected chi connectivity index (χ4v) is 4.14. The van der Waals surface area contributed by atoms with Gasteiger partial charge in [-0.25, -0.2) is 8.78 Å². The molecule has 2 aromatic rings. The first-order valence-electron chi connectivity index (χ1n) is 10.7. The SMILES string of the molecule is CN=CC(=CN)[C@@H]1[C@@H](C(=O)Nc2ccc(F)c(C#N)c2)c2ccc(F)cc2C(=O)N1CC(C)C. The second kappa shape index (κ2) is 10.3. The number of halogens is 2. The molecule has 34 heavy (non-hydrogen) atoms. The lowest BCUT2D eigenvalue weighted by molar-refractivity contribution is -0.118. The van der Waals surface area contributed by atoms with Crippen LogP contribution in [0, 0.1) is 28.9 Å². The Hall–Kier alpha value is -4.06. The summed E-state index contributed by atoms with van der Waals surface area (Å²) in [5.41, 5.74) is 6.71. The third kappa shape index (κ3) is 4.81. The molecule has 1 aliphatic rings. The second-order valence-electron chi connectivity index (χ2n) is 8.36. The van der Waals surface area contributed by atoms with Gasteiger partial charge in [-0.05, 0) is 41.8 Å². The number of nitrogens with two attached hydrogens (primary N) is 1. The zero-order valence-electron chi connectivity index (χ0n) is 19.0. The van der Waals surface area contributed by atoms with Crippen molar-refractivity contribution in [3.05, 3.63) is 76.5 Å². The van der Waals surface area contributed by atoms with E-state index >= 15 is 0 Å². The van der Waals surface area contributed by atoms with Crippen molar-refractivity contribution >= 4 is 23.7 Å². The third-order valence-corrected chi connectivity index (χ3v) is 5.50. The Morgan fingerprint density at radius 1 is 1.29 bits per heavy atom. The summed E-state index contributed by atoms with van der Waals surface area (Å²) in [4.78, 5) is 32.6. The van der Waals surface area contributed by atoms with E-state index in [1.165, 1.54) is 41.6 Å². The van der Waals surface area contributed by atoms with Gasteiger partial charge in [0.25, 0.3) is 5.91 Å². The van der Waals surface area contributed by atoms with Gasteiger partial charge < -0.3 is 16.0 Å². The Bertz CT molecular complexity index is 1220. The lowest BCUT2D eigenvalue weighted by Gasteiger charge is -2.42. The number of carbonyl (C=O) groups excluding carboxylic acids is 2. The number of amides is 2. The molecule has 176 valence electrons. The average Bonchev–Trinajstić information content (AvgIpc) is 2.80. The van der Waals surface area contributed by atoms with Crippen molar-refractivity contribution in [2.75, 3.05) is 18.9 Å². The standard InChI is InChI=1S/C25H25F2N5O2/c1-14(2)13-32-23(16(11-29)12-30-3)22(19-6-4-17(26)9-20(19)25(32)34)24(33)31-18-5-7-21(27)15(8-18)10-28/h4-9,11-12,14,22-23H,13,29H2,1-3H3,(H,31,33)/t22-,23+/m0/s1. The van der Waals surface area contributed by atoms with Crippen molar-refractivity contribution in [3.8, 4) is 6.07 Å². The predicted molar refractivity (Wildman–Crippen MR) is 125 cm³/mol. The molecule has 2 amide bonds. The molecule has 0 saturated heterocycles. The maximum absolute atomic E-state index is 14.1. The van der Waals surface area contributed by atoms with E-state index in [0.717, 1.165) is 12.1 Å². The first-order valence-corrected chi connectivity index (χ1v) is 10.7. The Kier molecular flexibility index (Phi) is 7.41. The number of anilines is 1. The van der Waals surface area contributed by atoms with Gasteiger partial charge in [0.15, 0.2) is 0 Å². The molecular formula is C25H25F2N5O2. The summed E-state index contributed by atoms with van der Waals surface area (Å²) < 4.78 is 27.9. The van der Waals surface area contributed by atoms with E-state index in [1.807, 2.05) is 13.8 Å². The molecule has 2 atom stereocenters. The van der Waals surface area contributed by atoms with Crippen molar-refractivity contribution in [1.82, 2.24) is 4.90 Å². The molecule has 0 radical (unpaired) electrons. The van der Waals surface area contributed by atoms with Gasteiger partial charge in [0, 0.05) is 42.8 Å². The summed E-state index contributed by atoms with van der Waals surface area (Å²) >= 11 is 0. The molecule has 0 fully saturated rings. The quantitative estimate of drug-likeness (QED) is 0.635. The molecule has 1 heterocycles. The van der Waals surface area contributed by atoms with Gasteiger partial charge in [-0.1, -0.05) is 19.9 Å². The van der Waals surface area contributed by atoms with Gasteiger partial charge in [-0.3, -0.25) is 14.6 Å². The fourth-order valence-electron chi connectivity index (χ4n) is 4.14. The monoisotopic (exact) mass is 465 g/mol. The molecule has 0 unspecified atom stereocenters. The molecule has 7 nitrogen and oxygen atoms in total. The number of aliphatic imine (C=N–C) groups is 1. The van der Waals surface area contributed by atoms with Crippen LogP contribution >= 0.6 is 0 Å². The number of rotatable bonds is 6. The van der Waals surface area contributed by atoms with E-state index in [0.29, 0.717) is 11.1 Å². The first kappa shape index (κ1) is 24.6. The van der Waals surface area contributed by atoms with E-state index in [2.05, 4.69) is 10.3 Å². The number of nitrogens with zero attached hydrogens (tertiary/aromatic N) is 3. The number of nitrogens with one attached hydrogen (secondary N) is 1. The van der Waals surface area contributed by atoms with Crippen LogP contribution < -0.4 is 11.1 Å². The zero-order chi connectivity index (χ0) is 25.0. The number of benzene rings is 2. The third-order valence-electron chi connectivity index (χ3n) is 5.50. The normalized spacial score (nSPS) is 18.2. The Balaban J connectivity index is 2.18. The summed E-state index contributed by atoms with van der Waals surface area (Å²) in [5, 5.41) is 11.8. The van der Waals surface area contributed by atoms with E-state index < -0.39 is 35.4 Å². The van der Waals surface area contributed by atoms with Gasteiger partial charge in [0.05, 0.1) is 17.5 Å². The Morgan fingerprint density at radius 2 is 2.03 bits per heavy atom. The number of hydrogen-bond donors (Lipinski definition) is 2. The molecule has 0 aromatic heterocycles. The van der Waals surface area contributed by atoms with E-state index in [9.17, 15) is 18.4 Å². The molecule has 1 aliphatic heterocycles. The van der Waals surface area contributed by atoms with Gasteiger partial charge >= 0.3 is 0 Å². The highest BCUT2D eigenvalue weighted by atomic mass is 19.1. The van der Waals surface area contributed by atoms with E-state index in [4.69, 9.17) is 11.0 Å². The minimum absolute atomic E-state index is 0.0399. The predicted octanol–water partition coefficient (Wildman–Crippen LogP) is 3.58. The van der Waals surface area contributed by atoms with Gasteiger partial charge in [0.1, 0.15) is 17.7 Å². The molecular weight excluding hydrogens is 440 g/mol. The summed E-state index contributed by atoms with van der Waals surface area (Å²) in [6.07, 6.45) is 2.77. The van der Waals surface area contributed by atoms with Crippen molar-refractivity contribution in [2.45, 2.75) is 25.8 Å². The molecule has 3 N–H and O–H groups in total. The maximum atomic E-state index is 14.1. The zero-order valence-corrected chi connectivity index (χ0v) is 19.0. The van der Waals surface area contributed by atoms with Crippen molar-refractivity contribution in [3.63, 3.8) is 0 Å². The topological polar surface area (TPSA) is 112 Å². The molecule has 0 saturated carbocycles. The van der Waals surface area contributed by atoms with Crippen LogP contribution in [0.25, 0.3) is 0 Å². The molecule has 3 rings (SSSR count). The van der Waals surface area contributed by atoms with Crippen LogP contribution in [0.1, 0.15) is 41.3 Å². The molecule has 0 spiro atoms. The minimum Gasteiger partial charge on any atom is -0.404 e. The number of nitriles is 1. The van der Waals surface area contributed by atoms with Crippen molar-refractivity contribution < 1.29 is 18.4 Å². The second-order valence-corrected chi connectivity index (χ2v) is 8.36. The van der Waals surface area contributed by atoms with Crippen LogP contribution in [-0.4, -0.2) is 42.6 Å². The Morgan fingerprint density at radius 3 is 2.65 bits per heavy atom. The lowest BCUT2D eigenvalue weighted by Crippen LogP contribution is -2.53. The molecule has 9 heteroatoms.